The molecule has 0 spiro atoms. The molecule has 1 aliphatic heterocycles. The first-order valence-corrected chi connectivity index (χ1v) is 12.5. The number of hydrogen-bond donors (Lipinski definition) is 6. The highest BCUT2D eigenvalue weighted by atomic mass is 16.5. The second-order valence-electron chi connectivity index (χ2n) is 9.29. The van der Waals surface area contributed by atoms with Crippen LogP contribution in [-0.4, -0.2) is 62.3 Å². The van der Waals surface area contributed by atoms with Crippen LogP contribution < -0.4 is 11.5 Å². The van der Waals surface area contributed by atoms with E-state index in [1.54, 1.807) is 39.3 Å². The molecule has 0 saturated carbocycles. The number of nitrogens with two attached hydrogens (primary N) is 2. The summed E-state index contributed by atoms with van der Waals surface area (Å²) < 4.78 is 5.16. The molecule has 12 heteroatoms. The first-order chi connectivity index (χ1) is 18.8. The first-order valence-electron chi connectivity index (χ1n) is 12.5. The van der Waals surface area contributed by atoms with Crippen molar-refractivity contribution in [2.24, 2.45) is 16.5 Å². The number of carbonyl (C=O) groups excluding carboxylic acids is 3. The van der Waals surface area contributed by atoms with E-state index in [4.69, 9.17) is 16.2 Å². The highest BCUT2D eigenvalue weighted by Gasteiger charge is 2.16. The highest BCUT2D eigenvalue weighted by molar-refractivity contribution is 5.96. The molecular weight excluding hydrogens is 524 g/mol. The monoisotopic (exact) mass is 566 g/mol. The predicted molar refractivity (Wildman–Crippen MR) is 161 cm³/mol. The van der Waals surface area contributed by atoms with Crippen LogP contribution in [0.25, 0.3) is 0 Å². The van der Waals surface area contributed by atoms with Crippen LogP contribution in [0.3, 0.4) is 0 Å². The van der Waals surface area contributed by atoms with Gasteiger partial charge in [-0.2, -0.15) is 5.10 Å². The summed E-state index contributed by atoms with van der Waals surface area (Å²) in [5, 5.41) is 6.21. The van der Waals surface area contributed by atoms with Gasteiger partial charge < -0.3 is 31.2 Å². The van der Waals surface area contributed by atoms with Crippen LogP contribution in [0.4, 0.5) is 0 Å². The van der Waals surface area contributed by atoms with Gasteiger partial charge in [0.05, 0.1) is 12.7 Å². The number of ether oxygens (including phenoxy) is 1. The third-order valence-corrected chi connectivity index (χ3v) is 5.65. The van der Waals surface area contributed by atoms with Crippen molar-refractivity contribution in [2.45, 2.75) is 55.4 Å². The fraction of sp³-hybridized carbons (Fsp3) is 0.345. The molecular formula is C29H42N8O4. The Bertz CT molecular complexity index is 1440. The summed E-state index contributed by atoms with van der Waals surface area (Å²) in [4.78, 5) is 45.0. The number of primary amides is 2. The largest absolute Gasteiger partial charge is 0.481 e. The average Bonchev–Trinajstić information content (AvgIpc) is 3.67. The summed E-state index contributed by atoms with van der Waals surface area (Å²) in [6, 6.07) is 7.26. The normalized spacial score (nSPS) is 11.0. The molecule has 2 amide bonds. The van der Waals surface area contributed by atoms with Gasteiger partial charge in [-0.15, -0.1) is 0 Å². The number of rotatable bonds is 3. The number of nitrogens with one attached hydrogen (secondary N) is 4. The standard InChI is InChI=1S/C9H12N2O.C8H11NO.C6H8N2O.C5H7N3O.CH4/c1-6-5-7-8(11-6)3-4-10-9(7)12-2;1-5-4-8(7(3)10)6(2)9-5;1-4-2-5(6(7)9)8-3-4;1-3-2-4(5(6)9)8-7-3;/h5,11H,3-4H2,1-2H3;4,9H,1-3H3;2-3,8H,1H3,(H2,7,9);2H,1H3,(H2,6,9)(H,7,8);1H4. The van der Waals surface area contributed by atoms with Gasteiger partial charge in [0, 0.05) is 53.2 Å². The SMILES string of the molecule is C.CC(=O)c1cc(C)[nH]c1C.COC1=NCCc2[nH]c(C)cc21.Cc1c[nH]c(C(N)=O)c1.Cc1cc(C(N)=O)n[nH]1. The Hall–Kier alpha value is -4.87. The molecule has 12 nitrogen and oxygen atoms in total. The van der Waals surface area contributed by atoms with Crippen molar-refractivity contribution in [3.05, 3.63) is 87.0 Å². The lowest BCUT2D eigenvalue weighted by atomic mass is 10.1. The lowest BCUT2D eigenvalue weighted by molar-refractivity contribution is 0.0987. The Morgan fingerprint density at radius 3 is 1.93 bits per heavy atom. The number of carbonyl (C=O) groups is 3. The molecule has 0 bridgehead atoms. The molecule has 0 radical (unpaired) electrons. The van der Waals surface area contributed by atoms with Crippen molar-refractivity contribution >= 4 is 23.5 Å². The highest BCUT2D eigenvalue weighted by Crippen LogP contribution is 2.17. The van der Waals surface area contributed by atoms with Gasteiger partial charge in [0.1, 0.15) is 11.4 Å². The number of aromatic amines is 4. The number of aliphatic imine (C=N–C) groups is 1. The van der Waals surface area contributed by atoms with E-state index in [9.17, 15) is 14.4 Å². The van der Waals surface area contributed by atoms with Crippen LogP contribution in [-0.2, 0) is 11.2 Å². The quantitative estimate of drug-likeness (QED) is 0.203. The molecule has 5 heterocycles. The van der Waals surface area contributed by atoms with E-state index in [2.05, 4.69) is 36.2 Å². The van der Waals surface area contributed by atoms with E-state index in [1.165, 1.54) is 11.4 Å². The predicted octanol–water partition coefficient (Wildman–Crippen LogP) is 3.98. The van der Waals surface area contributed by atoms with Crippen molar-refractivity contribution < 1.29 is 19.1 Å². The molecule has 5 rings (SSSR count). The van der Waals surface area contributed by atoms with Crippen LogP contribution in [0.2, 0.25) is 0 Å². The Morgan fingerprint density at radius 2 is 1.56 bits per heavy atom. The molecule has 0 aromatic carbocycles. The van der Waals surface area contributed by atoms with Crippen LogP contribution in [0.15, 0.2) is 35.5 Å². The van der Waals surface area contributed by atoms with E-state index in [0.29, 0.717) is 5.69 Å². The fourth-order valence-electron chi connectivity index (χ4n) is 3.84. The molecule has 0 atom stereocenters. The molecule has 1 aliphatic rings. The molecule has 41 heavy (non-hydrogen) atoms. The van der Waals surface area contributed by atoms with E-state index in [1.807, 2.05) is 33.8 Å². The van der Waals surface area contributed by atoms with Crippen LogP contribution >= 0.6 is 0 Å². The van der Waals surface area contributed by atoms with Crippen molar-refractivity contribution in [3.8, 4) is 0 Å². The maximum Gasteiger partial charge on any atom is 0.269 e. The van der Waals surface area contributed by atoms with Crippen LogP contribution in [0, 0.1) is 34.6 Å². The van der Waals surface area contributed by atoms with Gasteiger partial charge in [0.15, 0.2) is 5.78 Å². The second-order valence-corrected chi connectivity index (χ2v) is 9.29. The number of hydrogen-bond acceptors (Lipinski definition) is 6. The molecule has 0 aliphatic carbocycles. The molecule has 0 unspecified atom stereocenters. The van der Waals surface area contributed by atoms with Gasteiger partial charge in [0.2, 0.25) is 5.90 Å². The minimum atomic E-state index is -0.501. The van der Waals surface area contributed by atoms with E-state index >= 15 is 0 Å². The number of H-pyrrole nitrogens is 4. The summed E-state index contributed by atoms with van der Waals surface area (Å²) >= 11 is 0. The summed E-state index contributed by atoms with van der Waals surface area (Å²) in [6.45, 7) is 12.0. The molecule has 4 aromatic rings. The first kappa shape index (κ1) is 34.2. The van der Waals surface area contributed by atoms with Crippen molar-refractivity contribution in [3.63, 3.8) is 0 Å². The minimum Gasteiger partial charge on any atom is -0.481 e. The topological polar surface area (TPSA) is 201 Å². The van der Waals surface area contributed by atoms with Gasteiger partial charge in [-0.05, 0) is 71.4 Å². The number of amides is 2. The fourth-order valence-corrected chi connectivity index (χ4v) is 3.84. The number of ketones is 1. The minimum absolute atomic E-state index is 0. The number of Topliss-reactive ketones (excluding diaryl/α,β-unsaturated/α-hetero) is 1. The number of nitrogens with zero attached hydrogens (tertiary/aromatic N) is 2. The zero-order chi connectivity index (χ0) is 30.0. The van der Waals surface area contributed by atoms with E-state index in [0.717, 1.165) is 52.6 Å². The lowest BCUT2D eigenvalue weighted by Gasteiger charge is -2.10. The van der Waals surface area contributed by atoms with Crippen molar-refractivity contribution in [1.29, 1.82) is 0 Å². The second kappa shape index (κ2) is 15.7. The Balaban J connectivity index is 0.000000273. The number of fused-ring (bicyclic) bond motifs is 1. The molecule has 222 valence electrons. The van der Waals surface area contributed by atoms with Gasteiger partial charge in [-0.3, -0.25) is 24.5 Å². The maximum atomic E-state index is 10.9. The van der Waals surface area contributed by atoms with Crippen molar-refractivity contribution in [1.82, 2.24) is 25.1 Å². The zero-order valence-corrected chi connectivity index (χ0v) is 24.0. The van der Waals surface area contributed by atoms with Gasteiger partial charge in [-0.1, -0.05) is 7.43 Å². The van der Waals surface area contributed by atoms with Gasteiger partial charge in [-0.25, -0.2) is 0 Å². The zero-order valence-electron chi connectivity index (χ0n) is 24.0. The third-order valence-electron chi connectivity index (χ3n) is 5.65. The molecule has 4 aromatic heterocycles. The Labute approximate surface area is 240 Å². The number of aromatic nitrogens is 5. The van der Waals surface area contributed by atoms with Crippen LogP contribution in [0.1, 0.15) is 85.3 Å². The Kier molecular flexibility index (Phi) is 13.0. The van der Waals surface area contributed by atoms with Crippen molar-refractivity contribution in [2.75, 3.05) is 13.7 Å². The van der Waals surface area contributed by atoms with Gasteiger partial charge >= 0.3 is 0 Å². The summed E-state index contributed by atoms with van der Waals surface area (Å²) in [7, 11) is 1.66. The van der Waals surface area contributed by atoms with Gasteiger partial charge in [0.25, 0.3) is 11.8 Å². The third kappa shape index (κ3) is 10.3. The summed E-state index contributed by atoms with van der Waals surface area (Å²) in [5.41, 5.74) is 18.8. The Morgan fingerprint density at radius 1 is 0.902 bits per heavy atom. The molecule has 0 fully saturated rings. The van der Waals surface area contributed by atoms with Crippen LogP contribution in [0.5, 0.6) is 0 Å². The maximum absolute atomic E-state index is 10.9. The molecule has 8 N–H and O–H groups in total. The molecule has 0 saturated heterocycles. The van der Waals surface area contributed by atoms with E-state index in [-0.39, 0.29) is 18.9 Å². The lowest BCUT2D eigenvalue weighted by Crippen LogP contribution is -2.12. The average molecular weight is 567 g/mol. The number of aryl methyl sites for hydroxylation is 5. The smallest absolute Gasteiger partial charge is 0.269 e. The summed E-state index contributed by atoms with van der Waals surface area (Å²) in [5.74, 6) is -0.0232. The number of methoxy groups -OCH3 is 1. The summed E-state index contributed by atoms with van der Waals surface area (Å²) in [6.07, 6.45) is 2.73. The van der Waals surface area contributed by atoms with E-state index < -0.39 is 11.8 Å².